The highest BCUT2D eigenvalue weighted by Gasteiger charge is 2.13. The zero-order valence-corrected chi connectivity index (χ0v) is 13.3. The molecular formula is C19H18FN3O. The summed E-state index contributed by atoms with van der Waals surface area (Å²) in [6, 6.07) is 12.8. The number of aromatic nitrogens is 2. The molecule has 0 saturated carbocycles. The van der Waals surface area contributed by atoms with E-state index in [4.69, 9.17) is 4.52 Å². The largest absolute Gasteiger partial charge is 0.334 e. The second-order valence-electron chi connectivity index (χ2n) is 6.06. The highest BCUT2D eigenvalue weighted by Crippen LogP contribution is 2.23. The molecule has 0 bridgehead atoms. The normalized spacial score (nSPS) is 14.2. The molecule has 0 unspecified atom stereocenters. The van der Waals surface area contributed by atoms with Gasteiger partial charge in [-0.2, -0.15) is 4.98 Å². The van der Waals surface area contributed by atoms with Crippen LogP contribution in [0.25, 0.3) is 11.5 Å². The highest BCUT2D eigenvalue weighted by molar-refractivity contribution is 5.56. The minimum absolute atomic E-state index is 0.254. The molecule has 1 N–H and O–H groups in total. The topological polar surface area (TPSA) is 51.0 Å². The fraction of sp³-hybridized carbons (Fsp3) is 0.263. The van der Waals surface area contributed by atoms with Gasteiger partial charge in [0.25, 0.3) is 5.89 Å². The van der Waals surface area contributed by atoms with Crippen LogP contribution in [-0.2, 0) is 19.3 Å². The number of rotatable bonds is 3. The van der Waals surface area contributed by atoms with Crippen molar-refractivity contribution in [2.45, 2.75) is 19.3 Å². The number of nitrogens with zero attached hydrogens (tertiary/aromatic N) is 2. The van der Waals surface area contributed by atoms with Crippen molar-refractivity contribution in [3.05, 3.63) is 70.8 Å². The van der Waals surface area contributed by atoms with Gasteiger partial charge < -0.3 is 9.84 Å². The van der Waals surface area contributed by atoms with Gasteiger partial charge in [-0.25, -0.2) is 4.39 Å². The maximum Gasteiger partial charge on any atom is 0.257 e. The first-order valence-corrected chi connectivity index (χ1v) is 8.18. The summed E-state index contributed by atoms with van der Waals surface area (Å²) in [5.41, 5.74) is 4.48. The van der Waals surface area contributed by atoms with Crippen molar-refractivity contribution in [1.82, 2.24) is 15.5 Å². The summed E-state index contributed by atoms with van der Waals surface area (Å²) in [5, 5.41) is 7.43. The molecule has 3 aromatic rings. The monoisotopic (exact) mass is 323 g/mol. The SMILES string of the molecule is Fc1cccc(Cc2noc(-c3ccc4c(c3)CCNCC4)n2)c1. The van der Waals surface area contributed by atoms with Gasteiger partial charge in [-0.3, -0.25) is 0 Å². The molecule has 2 heterocycles. The zero-order valence-electron chi connectivity index (χ0n) is 13.3. The van der Waals surface area contributed by atoms with E-state index < -0.39 is 0 Å². The third-order valence-corrected chi connectivity index (χ3v) is 4.31. The molecule has 4 rings (SSSR count). The van der Waals surface area contributed by atoms with Crippen LogP contribution in [0.3, 0.4) is 0 Å². The molecule has 0 atom stereocenters. The summed E-state index contributed by atoms with van der Waals surface area (Å²) in [6.07, 6.45) is 2.51. The molecule has 122 valence electrons. The molecule has 0 amide bonds. The molecule has 0 radical (unpaired) electrons. The smallest absolute Gasteiger partial charge is 0.257 e. The molecule has 1 aliphatic rings. The van der Waals surface area contributed by atoms with Crippen LogP contribution < -0.4 is 5.32 Å². The van der Waals surface area contributed by atoms with Crippen LogP contribution in [0.2, 0.25) is 0 Å². The standard InChI is InChI=1S/C19H18FN3O/c20-17-3-1-2-13(10-17)11-18-22-19(24-23-18)16-5-4-14-6-8-21-9-7-15(14)12-16/h1-5,10,12,21H,6-9,11H2. The van der Waals surface area contributed by atoms with Gasteiger partial charge in [0.15, 0.2) is 5.82 Å². The van der Waals surface area contributed by atoms with Gasteiger partial charge in [-0.1, -0.05) is 23.4 Å². The molecule has 0 aliphatic carbocycles. The first kappa shape index (κ1) is 15.0. The maximum atomic E-state index is 13.3. The van der Waals surface area contributed by atoms with Crippen molar-refractivity contribution in [1.29, 1.82) is 0 Å². The molecule has 5 heteroatoms. The number of halogens is 1. The summed E-state index contributed by atoms with van der Waals surface area (Å²) in [7, 11) is 0. The molecule has 0 fully saturated rings. The van der Waals surface area contributed by atoms with E-state index in [9.17, 15) is 4.39 Å². The first-order chi connectivity index (χ1) is 11.8. The Morgan fingerprint density at radius 2 is 1.92 bits per heavy atom. The number of hydrogen-bond acceptors (Lipinski definition) is 4. The van der Waals surface area contributed by atoms with Crippen molar-refractivity contribution >= 4 is 0 Å². The van der Waals surface area contributed by atoms with E-state index in [1.165, 1.54) is 23.3 Å². The molecular weight excluding hydrogens is 305 g/mol. The fourth-order valence-electron chi connectivity index (χ4n) is 3.08. The van der Waals surface area contributed by atoms with Gasteiger partial charge in [0, 0.05) is 12.0 Å². The Labute approximate surface area is 139 Å². The average molecular weight is 323 g/mol. The van der Waals surface area contributed by atoms with Gasteiger partial charge in [0.1, 0.15) is 5.82 Å². The summed E-state index contributed by atoms with van der Waals surface area (Å²) in [4.78, 5) is 4.46. The fourth-order valence-corrected chi connectivity index (χ4v) is 3.08. The van der Waals surface area contributed by atoms with Crippen molar-refractivity contribution in [3.63, 3.8) is 0 Å². The number of nitrogens with one attached hydrogen (secondary N) is 1. The summed E-state index contributed by atoms with van der Waals surface area (Å²) >= 11 is 0. The number of benzene rings is 2. The summed E-state index contributed by atoms with van der Waals surface area (Å²) in [5.74, 6) is 0.823. The quantitative estimate of drug-likeness (QED) is 0.804. The van der Waals surface area contributed by atoms with E-state index in [0.29, 0.717) is 18.1 Å². The van der Waals surface area contributed by atoms with Crippen LogP contribution in [0.5, 0.6) is 0 Å². The van der Waals surface area contributed by atoms with Gasteiger partial charge >= 0.3 is 0 Å². The third kappa shape index (κ3) is 3.21. The summed E-state index contributed by atoms with van der Waals surface area (Å²) in [6.45, 7) is 2.01. The molecule has 0 saturated heterocycles. The molecule has 2 aromatic carbocycles. The van der Waals surface area contributed by atoms with Crippen LogP contribution in [0, 0.1) is 5.82 Å². The van der Waals surface area contributed by atoms with Crippen LogP contribution >= 0.6 is 0 Å². The van der Waals surface area contributed by atoms with E-state index in [-0.39, 0.29) is 5.82 Å². The lowest BCUT2D eigenvalue weighted by Crippen LogP contribution is -2.16. The Hall–Kier alpha value is -2.53. The maximum absolute atomic E-state index is 13.3. The van der Waals surface area contributed by atoms with E-state index in [1.54, 1.807) is 6.07 Å². The second kappa shape index (κ2) is 6.53. The molecule has 0 spiro atoms. The van der Waals surface area contributed by atoms with Crippen molar-refractivity contribution in [2.24, 2.45) is 0 Å². The minimum atomic E-state index is -0.254. The molecule has 4 nitrogen and oxygen atoms in total. The third-order valence-electron chi connectivity index (χ3n) is 4.31. The van der Waals surface area contributed by atoms with Crippen LogP contribution in [0.15, 0.2) is 47.0 Å². The number of fused-ring (bicyclic) bond motifs is 1. The lowest BCUT2D eigenvalue weighted by molar-refractivity contribution is 0.424. The van der Waals surface area contributed by atoms with Crippen LogP contribution in [0.4, 0.5) is 4.39 Å². The summed E-state index contributed by atoms with van der Waals surface area (Å²) < 4.78 is 18.7. The average Bonchev–Trinajstić information content (AvgIpc) is 2.91. The predicted octanol–water partition coefficient (Wildman–Crippen LogP) is 3.15. The lowest BCUT2D eigenvalue weighted by Gasteiger charge is -2.05. The predicted molar refractivity (Wildman–Crippen MR) is 89.2 cm³/mol. The van der Waals surface area contributed by atoms with Crippen molar-refractivity contribution in [2.75, 3.05) is 13.1 Å². The molecule has 1 aromatic heterocycles. The zero-order chi connectivity index (χ0) is 16.4. The number of hydrogen-bond donors (Lipinski definition) is 1. The Bertz CT molecular complexity index is 859. The van der Waals surface area contributed by atoms with Crippen molar-refractivity contribution in [3.8, 4) is 11.5 Å². The van der Waals surface area contributed by atoms with E-state index in [1.807, 2.05) is 12.1 Å². The van der Waals surface area contributed by atoms with E-state index in [0.717, 1.165) is 37.1 Å². The van der Waals surface area contributed by atoms with Crippen LogP contribution in [-0.4, -0.2) is 23.2 Å². The first-order valence-electron chi connectivity index (χ1n) is 8.18. The molecule has 24 heavy (non-hydrogen) atoms. The van der Waals surface area contributed by atoms with Gasteiger partial charge in [0.05, 0.1) is 0 Å². The van der Waals surface area contributed by atoms with E-state index in [2.05, 4.69) is 27.6 Å². The van der Waals surface area contributed by atoms with Crippen LogP contribution in [0.1, 0.15) is 22.5 Å². The van der Waals surface area contributed by atoms with Gasteiger partial charge in [0.2, 0.25) is 0 Å². The Kier molecular flexibility index (Phi) is 4.09. The lowest BCUT2D eigenvalue weighted by atomic mass is 10.00. The minimum Gasteiger partial charge on any atom is -0.334 e. The molecule has 1 aliphatic heterocycles. The Morgan fingerprint density at radius 1 is 1.04 bits per heavy atom. The van der Waals surface area contributed by atoms with Gasteiger partial charge in [-0.05, 0) is 66.9 Å². The Morgan fingerprint density at radius 3 is 2.79 bits per heavy atom. The highest BCUT2D eigenvalue weighted by atomic mass is 19.1. The van der Waals surface area contributed by atoms with Gasteiger partial charge in [-0.15, -0.1) is 0 Å². The van der Waals surface area contributed by atoms with Crippen molar-refractivity contribution < 1.29 is 8.91 Å². The second-order valence-corrected chi connectivity index (χ2v) is 6.06. The Balaban J connectivity index is 1.57. The van der Waals surface area contributed by atoms with E-state index >= 15 is 0 Å².